The average molecular weight is 232 g/mol. The van der Waals surface area contributed by atoms with Crippen LogP contribution in [0.25, 0.3) is 0 Å². The van der Waals surface area contributed by atoms with Crippen LogP contribution >= 0.6 is 0 Å². The third kappa shape index (κ3) is 3.20. The lowest BCUT2D eigenvalue weighted by Gasteiger charge is -2.32. The minimum atomic E-state index is -2.73. The lowest BCUT2D eigenvalue weighted by atomic mass is 9.73. The van der Waals surface area contributed by atoms with Crippen molar-refractivity contribution >= 4 is 9.84 Å². The van der Waals surface area contributed by atoms with Crippen molar-refractivity contribution in [1.82, 2.24) is 0 Å². The molecule has 90 valence electrons. The van der Waals surface area contributed by atoms with Crippen molar-refractivity contribution < 1.29 is 8.42 Å². The van der Waals surface area contributed by atoms with Gasteiger partial charge in [0.05, 0.1) is 11.5 Å². The number of hydrogen-bond donors (Lipinski definition) is 0. The standard InChI is InChI=1S/C12H24O2S/c1-4-6-7-11(5-2)12(3)8-9-15(13,14)10-12/h11H,4-10H2,1-3H3. The molecule has 2 nitrogen and oxygen atoms in total. The summed E-state index contributed by atoms with van der Waals surface area (Å²) in [6.07, 6.45) is 5.62. The Balaban J connectivity index is 2.67. The van der Waals surface area contributed by atoms with Gasteiger partial charge >= 0.3 is 0 Å². The number of hydrogen-bond acceptors (Lipinski definition) is 2. The van der Waals surface area contributed by atoms with Gasteiger partial charge in [0, 0.05) is 0 Å². The first-order chi connectivity index (χ1) is 6.93. The van der Waals surface area contributed by atoms with Gasteiger partial charge in [0.25, 0.3) is 0 Å². The van der Waals surface area contributed by atoms with Crippen molar-refractivity contribution in [2.45, 2.75) is 52.9 Å². The normalized spacial score (nSPS) is 31.7. The molecule has 0 aromatic heterocycles. The maximum Gasteiger partial charge on any atom is 0.150 e. The Morgan fingerprint density at radius 1 is 1.33 bits per heavy atom. The highest BCUT2D eigenvalue weighted by Crippen LogP contribution is 2.42. The van der Waals surface area contributed by atoms with E-state index in [1.807, 2.05) is 0 Å². The lowest BCUT2D eigenvalue weighted by Crippen LogP contribution is -2.28. The first-order valence-corrected chi connectivity index (χ1v) is 7.96. The molecule has 15 heavy (non-hydrogen) atoms. The molecule has 0 spiro atoms. The van der Waals surface area contributed by atoms with E-state index in [2.05, 4.69) is 20.8 Å². The summed E-state index contributed by atoms with van der Waals surface area (Å²) in [5.74, 6) is 1.42. The third-order valence-corrected chi connectivity index (χ3v) is 5.84. The van der Waals surface area contributed by atoms with E-state index in [0.29, 0.717) is 17.4 Å². The molecule has 1 aliphatic rings. The zero-order chi connectivity index (χ0) is 11.5. The zero-order valence-electron chi connectivity index (χ0n) is 10.3. The van der Waals surface area contributed by atoms with E-state index >= 15 is 0 Å². The molecule has 0 radical (unpaired) electrons. The molecule has 1 rings (SSSR count). The second kappa shape index (κ2) is 4.86. The third-order valence-electron chi connectivity index (χ3n) is 3.92. The molecule has 0 saturated carbocycles. The highest BCUT2D eigenvalue weighted by atomic mass is 32.2. The number of unbranched alkanes of at least 4 members (excludes halogenated alkanes) is 1. The molecule has 0 bridgehead atoms. The average Bonchev–Trinajstić information content (AvgIpc) is 2.43. The Bertz CT molecular complexity index is 295. The van der Waals surface area contributed by atoms with Gasteiger partial charge in [-0.25, -0.2) is 8.42 Å². The van der Waals surface area contributed by atoms with Gasteiger partial charge in [0.1, 0.15) is 0 Å². The molecule has 0 aromatic carbocycles. The summed E-state index contributed by atoms with van der Waals surface area (Å²) in [6.45, 7) is 6.55. The van der Waals surface area contributed by atoms with Gasteiger partial charge in [0.2, 0.25) is 0 Å². The zero-order valence-corrected chi connectivity index (χ0v) is 11.1. The van der Waals surface area contributed by atoms with Crippen LogP contribution in [0.1, 0.15) is 52.9 Å². The van der Waals surface area contributed by atoms with Gasteiger partial charge in [-0.3, -0.25) is 0 Å². The maximum atomic E-state index is 11.5. The van der Waals surface area contributed by atoms with E-state index in [4.69, 9.17) is 0 Å². The highest BCUT2D eigenvalue weighted by Gasteiger charge is 2.42. The van der Waals surface area contributed by atoms with E-state index in [9.17, 15) is 8.42 Å². The molecular weight excluding hydrogens is 208 g/mol. The van der Waals surface area contributed by atoms with Crippen molar-refractivity contribution in [2.24, 2.45) is 11.3 Å². The first kappa shape index (κ1) is 13.0. The fourth-order valence-electron chi connectivity index (χ4n) is 2.85. The topological polar surface area (TPSA) is 34.1 Å². The molecule has 1 fully saturated rings. The summed E-state index contributed by atoms with van der Waals surface area (Å²) >= 11 is 0. The van der Waals surface area contributed by atoms with E-state index in [1.54, 1.807) is 0 Å². The summed E-state index contributed by atoms with van der Waals surface area (Å²) in [5, 5.41) is 0. The van der Waals surface area contributed by atoms with Crippen LogP contribution in [0.2, 0.25) is 0 Å². The molecule has 0 aromatic rings. The molecule has 2 atom stereocenters. The van der Waals surface area contributed by atoms with Gasteiger partial charge in [0.15, 0.2) is 9.84 Å². The smallest absolute Gasteiger partial charge is 0.150 e. The van der Waals surface area contributed by atoms with Gasteiger partial charge in [-0.2, -0.15) is 0 Å². The van der Waals surface area contributed by atoms with E-state index in [0.717, 1.165) is 12.8 Å². The van der Waals surface area contributed by atoms with Crippen molar-refractivity contribution in [3.63, 3.8) is 0 Å². The summed E-state index contributed by atoms with van der Waals surface area (Å²) < 4.78 is 23.1. The largest absolute Gasteiger partial charge is 0.229 e. The summed E-state index contributed by atoms with van der Waals surface area (Å²) in [6, 6.07) is 0. The minimum absolute atomic E-state index is 0.0583. The Hall–Kier alpha value is -0.0500. The van der Waals surface area contributed by atoms with Crippen LogP contribution in [0, 0.1) is 11.3 Å². The predicted octanol–water partition coefficient (Wildman–Crippen LogP) is 3.03. The fourth-order valence-corrected chi connectivity index (χ4v) is 5.16. The van der Waals surface area contributed by atoms with Crippen LogP contribution in [-0.2, 0) is 9.84 Å². The van der Waals surface area contributed by atoms with Crippen LogP contribution in [0.4, 0.5) is 0 Å². The maximum absolute atomic E-state index is 11.5. The molecular formula is C12H24O2S. The number of sulfone groups is 1. The van der Waals surface area contributed by atoms with Gasteiger partial charge in [-0.1, -0.05) is 40.0 Å². The SMILES string of the molecule is CCCCC(CC)C1(C)CCS(=O)(=O)C1. The Kier molecular flexibility index (Phi) is 4.21. The van der Waals surface area contributed by atoms with Crippen LogP contribution in [0.15, 0.2) is 0 Å². The molecule has 1 aliphatic heterocycles. The van der Waals surface area contributed by atoms with Crippen molar-refractivity contribution in [1.29, 1.82) is 0 Å². The first-order valence-electron chi connectivity index (χ1n) is 6.14. The molecule has 3 heteroatoms. The predicted molar refractivity (Wildman–Crippen MR) is 64.7 cm³/mol. The summed E-state index contributed by atoms with van der Waals surface area (Å²) in [7, 11) is -2.73. The van der Waals surface area contributed by atoms with Crippen LogP contribution in [0.5, 0.6) is 0 Å². The van der Waals surface area contributed by atoms with Gasteiger partial charge in [-0.05, 0) is 24.2 Å². The second-order valence-electron chi connectivity index (χ2n) is 5.24. The van der Waals surface area contributed by atoms with Crippen LogP contribution < -0.4 is 0 Å². The van der Waals surface area contributed by atoms with E-state index in [-0.39, 0.29) is 5.41 Å². The summed E-state index contributed by atoms with van der Waals surface area (Å²) in [5.41, 5.74) is 0.0583. The quantitative estimate of drug-likeness (QED) is 0.730. The molecule has 0 amide bonds. The molecule has 1 saturated heterocycles. The number of rotatable bonds is 5. The minimum Gasteiger partial charge on any atom is -0.229 e. The van der Waals surface area contributed by atoms with Gasteiger partial charge < -0.3 is 0 Å². The van der Waals surface area contributed by atoms with Crippen molar-refractivity contribution in [2.75, 3.05) is 11.5 Å². The van der Waals surface area contributed by atoms with Crippen LogP contribution in [-0.4, -0.2) is 19.9 Å². The fraction of sp³-hybridized carbons (Fsp3) is 1.00. The Labute approximate surface area is 94.4 Å². The molecule has 0 N–H and O–H groups in total. The lowest BCUT2D eigenvalue weighted by molar-refractivity contribution is 0.197. The monoisotopic (exact) mass is 232 g/mol. The molecule has 1 heterocycles. The van der Waals surface area contributed by atoms with E-state index < -0.39 is 9.84 Å². The Morgan fingerprint density at radius 3 is 2.40 bits per heavy atom. The van der Waals surface area contributed by atoms with Gasteiger partial charge in [-0.15, -0.1) is 0 Å². The molecule has 0 aliphatic carbocycles. The second-order valence-corrected chi connectivity index (χ2v) is 7.43. The summed E-state index contributed by atoms with van der Waals surface area (Å²) in [4.78, 5) is 0. The van der Waals surface area contributed by atoms with Crippen molar-refractivity contribution in [3.8, 4) is 0 Å². The Morgan fingerprint density at radius 2 is 2.00 bits per heavy atom. The van der Waals surface area contributed by atoms with Crippen molar-refractivity contribution in [3.05, 3.63) is 0 Å². The highest BCUT2D eigenvalue weighted by molar-refractivity contribution is 7.91. The molecule has 2 unspecified atom stereocenters. The van der Waals surface area contributed by atoms with Crippen LogP contribution in [0.3, 0.4) is 0 Å². The van der Waals surface area contributed by atoms with E-state index in [1.165, 1.54) is 19.3 Å².